The number of thiophene rings is 1. The van der Waals surface area contributed by atoms with Gasteiger partial charge in [0.1, 0.15) is 0 Å². The molecule has 24 heavy (non-hydrogen) atoms. The van der Waals surface area contributed by atoms with Crippen molar-refractivity contribution in [2.45, 2.75) is 44.7 Å². The summed E-state index contributed by atoms with van der Waals surface area (Å²) in [5.41, 5.74) is 3.05. The number of fused-ring (bicyclic) bond motifs is 1. The number of amides is 1. The third-order valence-electron chi connectivity index (χ3n) is 5.30. The summed E-state index contributed by atoms with van der Waals surface area (Å²) in [6.45, 7) is 3.00. The molecule has 2 aromatic heterocycles. The second-order valence-corrected chi connectivity index (χ2v) is 7.83. The number of nitrogens with zero attached hydrogens (tertiary/aromatic N) is 3. The number of rotatable bonds is 4. The zero-order valence-electron chi connectivity index (χ0n) is 14.1. The second kappa shape index (κ2) is 6.69. The van der Waals surface area contributed by atoms with E-state index in [0.717, 1.165) is 12.8 Å². The van der Waals surface area contributed by atoms with Crippen molar-refractivity contribution in [2.24, 2.45) is 7.05 Å². The third-order valence-corrected chi connectivity index (χ3v) is 6.18. The van der Waals surface area contributed by atoms with Crippen molar-refractivity contribution in [1.29, 1.82) is 0 Å². The fourth-order valence-corrected chi connectivity index (χ4v) is 4.68. The summed E-state index contributed by atoms with van der Waals surface area (Å²) in [6, 6.07) is 4.63. The molecule has 1 unspecified atom stereocenters. The minimum atomic E-state index is -0.0395. The van der Waals surface area contributed by atoms with Gasteiger partial charge in [-0.05, 0) is 56.6 Å². The molecule has 1 N–H and O–H groups in total. The van der Waals surface area contributed by atoms with Gasteiger partial charge < -0.3 is 10.2 Å². The highest BCUT2D eigenvalue weighted by atomic mass is 32.1. The van der Waals surface area contributed by atoms with Crippen molar-refractivity contribution in [3.63, 3.8) is 0 Å². The average molecular weight is 344 g/mol. The van der Waals surface area contributed by atoms with Gasteiger partial charge >= 0.3 is 0 Å². The number of carbonyl (C=O) groups excluding carboxylic acids is 1. The molecule has 3 heterocycles. The Morgan fingerprint density at radius 3 is 3.00 bits per heavy atom. The largest absolute Gasteiger partial charge is 0.346 e. The van der Waals surface area contributed by atoms with E-state index in [-0.39, 0.29) is 5.91 Å². The molecule has 4 rings (SSSR count). The molecular weight excluding hydrogens is 320 g/mol. The Morgan fingerprint density at radius 1 is 1.42 bits per heavy atom. The lowest BCUT2D eigenvalue weighted by atomic mass is 9.90. The zero-order chi connectivity index (χ0) is 16.5. The monoisotopic (exact) mass is 344 g/mol. The molecule has 0 saturated carbocycles. The van der Waals surface area contributed by atoms with E-state index in [2.05, 4.69) is 15.3 Å². The molecule has 1 atom stereocenters. The van der Waals surface area contributed by atoms with Gasteiger partial charge in [0.15, 0.2) is 5.69 Å². The van der Waals surface area contributed by atoms with E-state index in [4.69, 9.17) is 0 Å². The zero-order valence-corrected chi connectivity index (χ0v) is 14.9. The molecule has 1 aliphatic carbocycles. The Morgan fingerprint density at radius 2 is 2.25 bits per heavy atom. The van der Waals surface area contributed by atoms with Gasteiger partial charge in [0.25, 0.3) is 5.91 Å². The summed E-state index contributed by atoms with van der Waals surface area (Å²) in [4.78, 5) is 16.4. The summed E-state index contributed by atoms with van der Waals surface area (Å²) in [5, 5.41) is 9.61. The average Bonchev–Trinajstić information content (AvgIpc) is 3.34. The lowest BCUT2D eigenvalue weighted by Crippen LogP contribution is -2.38. The number of nitrogens with one attached hydrogen (secondary N) is 1. The molecule has 1 saturated heterocycles. The molecule has 6 heteroatoms. The first-order chi connectivity index (χ1) is 11.7. The molecule has 128 valence electrons. The van der Waals surface area contributed by atoms with Crippen LogP contribution in [0.25, 0.3) is 0 Å². The minimum Gasteiger partial charge on any atom is -0.346 e. The van der Waals surface area contributed by atoms with E-state index in [1.54, 1.807) is 11.3 Å². The normalized spacial score (nSPS) is 21.0. The molecule has 1 aliphatic heterocycles. The van der Waals surface area contributed by atoms with Gasteiger partial charge in [0, 0.05) is 29.2 Å². The van der Waals surface area contributed by atoms with Crippen LogP contribution in [0.4, 0.5) is 0 Å². The fourth-order valence-electron chi connectivity index (χ4n) is 4.04. The highest BCUT2D eigenvalue weighted by Crippen LogP contribution is 2.28. The van der Waals surface area contributed by atoms with Crippen LogP contribution in [0.1, 0.15) is 45.9 Å². The number of aryl methyl sites for hydroxylation is 1. The molecule has 0 bridgehead atoms. The van der Waals surface area contributed by atoms with Crippen LogP contribution in [-0.4, -0.2) is 39.7 Å². The van der Waals surface area contributed by atoms with Crippen molar-refractivity contribution >= 4 is 17.2 Å². The molecule has 2 aromatic rings. The van der Waals surface area contributed by atoms with Crippen LogP contribution >= 0.6 is 11.3 Å². The first-order valence-corrected chi connectivity index (χ1v) is 9.69. The number of hydrogen-bond donors (Lipinski definition) is 1. The lowest BCUT2D eigenvalue weighted by molar-refractivity contribution is 0.0944. The predicted molar refractivity (Wildman–Crippen MR) is 95.3 cm³/mol. The SMILES string of the molecule is Cn1nc(C(=O)NCc2cccs2)c2c1CCC(N1CCCC1)C2. The van der Waals surface area contributed by atoms with Crippen molar-refractivity contribution in [3.8, 4) is 0 Å². The Balaban J connectivity index is 1.51. The van der Waals surface area contributed by atoms with Crippen LogP contribution in [0.2, 0.25) is 0 Å². The van der Waals surface area contributed by atoms with E-state index >= 15 is 0 Å². The van der Waals surface area contributed by atoms with Gasteiger partial charge in [-0.2, -0.15) is 5.10 Å². The van der Waals surface area contributed by atoms with E-state index in [9.17, 15) is 4.79 Å². The molecule has 0 aromatic carbocycles. The van der Waals surface area contributed by atoms with Crippen LogP contribution in [-0.2, 0) is 26.4 Å². The number of hydrogen-bond acceptors (Lipinski definition) is 4. The number of aromatic nitrogens is 2. The first-order valence-electron chi connectivity index (χ1n) is 8.82. The summed E-state index contributed by atoms with van der Waals surface area (Å²) < 4.78 is 1.91. The van der Waals surface area contributed by atoms with Crippen LogP contribution in [0.5, 0.6) is 0 Å². The number of likely N-dealkylation sites (tertiary alicyclic amines) is 1. The fraction of sp³-hybridized carbons (Fsp3) is 0.556. The molecule has 2 aliphatic rings. The molecule has 1 fully saturated rings. The summed E-state index contributed by atoms with van der Waals surface area (Å²) >= 11 is 1.66. The Bertz CT molecular complexity index is 716. The highest BCUT2D eigenvalue weighted by Gasteiger charge is 2.31. The summed E-state index contributed by atoms with van der Waals surface area (Å²) in [6.07, 6.45) is 5.79. The van der Waals surface area contributed by atoms with Crippen molar-refractivity contribution in [1.82, 2.24) is 20.0 Å². The van der Waals surface area contributed by atoms with E-state index in [1.807, 2.05) is 29.2 Å². The van der Waals surface area contributed by atoms with Gasteiger partial charge in [-0.1, -0.05) is 6.07 Å². The topological polar surface area (TPSA) is 50.2 Å². The van der Waals surface area contributed by atoms with E-state index in [0.29, 0.717) is 18.3 Å². The Hall–Kier alpha value is -1.66. The quantitative estimate of drug-likeness (QED) is 0.926. The van der Waals surface area contributed by atoms with Gasteiger partial charge in [0.2, 0.25) is 0 Å². The van der Waals surface area contributed by atoms with Gasteiger partial charge in [-0.3, -0.25) is 9.48 Å². The summed E-state index contributed by atoms with van der Waals surface area (Å²) in [5.74, 6) is -0.0395. The third kappa shape index (κ3) is 3.00. The molecule has 0 spiro atoms. The van der Waals surface area contributed by atoms with Gasteiger partial charge in [0.05, 0.1) is 6.54 Å². The minimum absolute atomic E-state index is 0.0395. The Labute approximate surface area is 146 Å². The van der Waals surface area contributed by atoms with Gasteiger partial charge in [-0.25, -0.2) is 0 Å². The standard InChI is InChI=1S/C18H24N4OS/c1-21-16-7-6-13(22-8-2-3-9-22)11-15(16)17(20-21)18(23)19-12-14-5-4-10-24-14/h4-5,10,13H,2-3,6-9,11-12H2,1H3,(H,19,23). The van der Waals surface area contributed by atoms with Gasteiger partial charge in [-0.15, -0.1) is 11.3 Å². The second-order valence-electron chi connectivity index (χ2n) is 6.80. The van der Waals surface area contributed by atoms with E-state index < -0.39 is 0 Å². The van der Waals surface area contributed by atoms with Crippen LogP contribution < -0.4 is 5.32 Å². The summed E-state index contributed by atoms with van der Waals surface area (Å²) in [7, 11) is 1.96. The smallest absolute Gasteiger partial charge is 0.272 e. The van der Waals surface area contributed by atoms with Crippen molar-refractivity contribution in [3.05, 3.63) is 39.3 Å². The maximum absolute atomic E-state index is 12.7. The van der Waals surface area contributed by atoms with Crippen molar-refractivity contribution < 1.29 is 4.79 Å². The van der Waals surface area contributed by atoms with E-state index in [1.165, 1.54) is 48.5 Å². The molecule has 0 radical (unpaired) electrons. The Kier molecular flexibility index (Phi) is 4.41. The first kappa shape index (κ1) is 15.8. The number of carbonyl (C=O) groups is 1. The van der Waals surface area contributed by atoms with Crippen LogP contribution in [0.15, 0.2) is 17.5 Å². The van der Waals surface area contributed by atoms with Crippen LogP contribution in [0, 0.1) is 0 Å². The molecule has 1 amide bonds. The van der Waals surface area contributed by atoms with Crippen molar-refractivity contribution in [2.75, 3.05) is 13.1 Å². The van der Waals surface area contributed by atoms with Crippen LogP contribution in [0.3, 0.4) is 0 Å². The maximum atomic E-state index is 12.7. The maximum Gasteiger partial charge on any atom is 0.272 e. The molecule has 5 nitrogen and oxygen atoms in total. The lowest BCUT2D eigenvalue weighted by Gasteiger charge is -2.31. The predicted octanol–water partition coefficient (Wildman–Crippen LogP) is 2.36. The highest BCUT2D eigenvalue weighted by molar-refractivity contribution is 7.09. The molecular formula is C18H24N4OS.